The quantitative estimate of drug-likeness (QED) is 0.0453. The molecule has 0 N–H and O–H groups in total. The molecule has 0 saturated carbocycles. The molecule has 88 heavy (non-hydrogen) atoms. The highest BCUT2D eigenvalue weighted by Gasteiger charge is 2.84. The first-order valence-corrected chi connectivity index (χ1v) is 50.5. The molecule has 0 unspecified atom stereocenters. The molecular formula is C60H68O14S4Si10. The van der Waals surface area contributed by atoms with Gasteiger partial charge in [0.05, 0.1) is 0 Å². The molecule has 28 heteroatoms. The summed E-state index contributed by atoms with van der Waals surface area (Å²) in [5.41, 5.74) is 0. The van der Waals surface area contributed by atoms with Crippen LogP contribution in [-0.2, 0) is 57.6 Å². The van der Waals surface area contributed by atoms with Gasteiger partial charge in [0.1, 0.15) is 0 Å². The van der Waals surface area contributed by atoms with Gasteiger partial charge in [-0.1, -0.05) is 243 Å². The van der Waals surface area contributed by atoms with Crippen molar-refractivity contribution in [3.05, 3.63) is 243 Å². The molecule has 6 saturated heterocycles. The van der Waals surface area contributed by atoms with Crippen LogP contribution in [0.25, 0.3) is 0 Å². The molecule has 0 atom stereocenters. The summed E-state index contributed by atoms with van der Waals surface area (Å²) in [5.74, 6) is 1.96. The summed E-state index contributed by atoms with van der Waals surface area (Å²) in [6.07, 6.45) is 2.22. The van der Waals surface area contributed by atoms with E-state index in [0.717, 1.165) is 0 Å². The lowest BCUT2D eigenvalue weighted by Crippen LogP contribution is -2.93. The van der Waals surface area contributed by atoms with E-state index in [-0.39, 0.29) is 0 Å². The molecular weight excluding hydrogens is 1350 g/mol. The predicted molar refractivity (Wildman–Crippen MR) is 374 cm³/mol. The highest BCUT2D eigenvalue weighted by Crippen LogP contribution is 2.49. The molecule has 8 aromatic rings. The summed E-state index contributed by atoms with van der Waals surface area (Å²) in [5, 5.41) is 4.37. The van der Waals surface area contributed by atoms with Crippen LogP contribution in [0.2, 0.25) is 24.2 Å². The highest BCUT2D eigenvalue weighted by molar-refractivity contribution is 7.80. The molecule has 0 aromatic heterocycles. The molecule has 14 nitrogen and oxygen atoms in total. The van der Waals surface area contributed by atoms with Gasteiger partial charge in [-0.3, -0.25) is 0 Å². The van der Waals surface area contributed by atoms with Crippen molar-refractivity contribution in [1.82, 2.24) is 0 Å². The van der Waals surface area contributed by atoms with Gasteiger partial charge in [0.15, 0.2) is 0 Å². The molecule has 14 rings (SSSR count). The van der Waals surface area contributed by atoms with E-state index in [9.17, 15) is 0 Å². The van der Waals surface area contributed by atoms with Gasteiger partial charge in [-0.2, -0.15) is 50.5 Å². The molecule has 6 aliphatic rings. The third kappa shape index (κ3) is 12.2. The van der Waals surface area contributed by atoms with Crippen LogP contribution in [0.15, 0.2) is 243 Å². The fourth-order valence-electron chi connectivity index (χ4n) is 11.9. The summed E-state index contributed by atoms with van der Waals surface area (Å²) in [6.45, 7) is 0. The summed E-state index contributed by atoms with van der Waals surface area (Å²) < 4.78 is 121. The Balaban J connectivity index is 1.34. The maximum absolute atomic E-state index is 8.72. The molecule has 456 valence electrons. The van der Waals surface area contributed by atoms with E-state index < -0.39 is 87.6 Å². The summed E-state index contributed by atoms with van der Waals surface area (Å²) in [7, 11) is -49.4. The van der Waals surface area contributed by atoms with Gasteiger partial charge in [0, 0.05) is 41.5 Å². The number of fused-ring (bicyclic) bond motifs is 4. The van der Waals surface area contributed by atoms with Gasteiger partial charge in [0.25, 0.3) is 0 Å². The summed E-state index contributed by atoms with van der Waals surface area (Å²) in [6, 6.07) is 80.1. The Labute approximate surface area is 548 Å². The number of hydrogen-bond acceptors (Lipinski definition) is 18. The maximum Gasteiger partial charge on any atom is 0.515 e. The monoisotopic (exact) mass is 1420 g/mol. The van der Waals surface area contributed by atoms with Crippen LogP contribution < -0.4 is 41.5 Å². The van der Waals surface area contributed by atoms with Crippen LogP contribution in [0.1, 0.15) is 25.7 Å². The van der Waals surface area contributed by atoms with Gasteiger partial charge >= 0.3 is 87.6 Å². The summed E-state index contributed by atoms with van der Waals surface area (Å²) in [4.78, 5) is 0. The van der Waals surface area contributed by atoms with Crippen LogP contribution in [0.4, 0.5) is 0 Å². The van der Waals surface area contributed by atoms with Crippen LogP contribution >= 0.6 is 50.5 Å². The van der Waals surface area contributed by atoms with E-state index in [1.165, 1.54) is 0 Å². The molecule has 0 spiro atoms. The van der Waals surface area contributed by atoms with Gasteiger partial charge in [-0.25, -0.2) is 0 Å². The minimum atomic E-state index is -5.22. The lowest BCUT2D eigenvalue weighted by Gasteiger charge is -2.61. The van der Waals surface area contributed by atoms with E-state index in [2.05, 4.69) is 0 Å². The van der Waals surface area contributed by atoms with E-state index in [1.807, 2.05) is 243 Å². The van der Waals surface area contributed by atoms with Crippen molar-refractivity contribution in [3.8, 4) is 0 Å². The molecule has 6 fully saturated rings. The zero-order chi connectivity index (χ0) is 60.3. The van der Waals surface area contributed by atoms with Crippen molar-refractivity contribution in [1.29, 1.82) is 0 Å². The average molecular weight is 1420 g/mol. The van der Waals surface area contributed by atoms with Crippen molar-refractivity contribution in [3.63, 3.8) is 0 Å². The topological polar surface area (TPSA) is 129 Å². The van der Waals surface area contributed by atoms with Crippen molar-refractivity contribution in [2.45, 2.75) is 49.9 Å². The Morgan fingerprint density at radius 1 is 0.182 bits per heavy atom. The third-order valence-corrected chi connectivity index (χ3v) is 61.7. The molecule has 0 aliphatic carbocycles. The summed E-state index contributed by atoms with van der Waals surface area (Å²) >= 11 is 19.8. The number of thiol groups is 4. The Morgan fingerprint density at radius 3 is 0.432 bits per heavy atom. The van der Waals surface area contributed by atoms with Crippen molar-refractivity contribution >= 4 is 180 Å². The van der Waals surface area contributed by atoms with Gasteiger partial charge < -0.3 is 57.6 Å². The predicted octanol–water partition coefficient (Wildman–Crippen LogP) is 7.22. The third-order valence-electron chi connectivity index (χ3n) is 15.9. The Bertz CT molecular complexity index is 3100. The smallest absolute Gasteiger partial charge is 0.391 e. The SMILES string of the molecule is SCCC[Si]1(CCCS)O[Si]2(c3ccccc3)O[Si]3(c4ccccc4)O[Si]4(c5ccccc5)O[Si](CCCS)(CCCS)O[Si]5(c6ccccc6)O[Si](c6ccccc6)(O[Si](c6ccccc6)(O1)O[Si](c1ccccc1)(O5)O[Si](c1ccccc1)(O2)O4)O3. The first kappa shape index (κ1) is 63.5. The molecule has 0 amide bonds. The van der Waals surface area contributed by atoms with E-state index in [1.54, 1.807) is 0 Å². The Morgan fingerprint density at radius 2 is 0.307 bits per heavy atom. The van der Waals surface area contributed by atoms with Crippen LogP contribution in [0, 0.1) is 0 Å². The van der Waals surface area contributed by atoms with Gasteiger partial charge in [-0.05, 0) is 72.9 Å². The average Bonchev–Trinajstić information content (AvgIpc) is 0.752. The fraction of sp³-hybridized carbons (Fsp3) is 0.200. The maximum atomic E-state index is 8.72. The minimum Gasteiger partial charge on any atom is -0.391 e. The second-order valence-electron chi connectivity index (χ2n) is 21.9. The zero-order valence-electron chi connectivity index (χ0n) is 48.1. The fourth-order valence-corrected chi connectivity index (χ4v) is 72.5. The standard InChI is InChI=1S/C60H68O14S4Si10/c75-45-25-49-79(50-26-46-76)61-81(53-29-9-1-10-30-53)65-85(57-37-17-5-18-38-57)67-83(55-33-13-3-14-34-55)63-80(51-27-47-77,52-28-48-78)64-84(56-35-15-4-16-36-56)71-87(73-85,59-41-21-7-22-42-59)69-82(62-79,54-31-11-2-12-32-54)70-88(72-84,60-43-23-8-24-44-60)74-86(66-81,68-83)58-39-19-6-20-40-58/h1-24,29-44,75-78H,25-28,45-52H2. The minimum absolute atomic E-state index is 0.375. The van der Waals surface area contributed by atoms with Gasteiger partial charge in [-0.15, -0.1) is 0 Å². The molecule has 6 aliphatic heterocycles. The Hall–Kier alpha value is -3.23. The Kier molecular flexibility index (Phi) is 19.2. The number of benzene rings is 8. The number of hydrogen-bond donors (Lipinski definition) is 4. The van der Waals surface area contributed by atoms with E-state index in [4.69, 9.17) is 108 Å². The largest absolute Gasteiger partial charge is 0.515 e. The van der Waals surface area contributed by atoms with Crippen molar-refractivity contribution in [2.24, 2.45) is 0 Å². The zero-order valence-corrected chi connectivity index (χ0v) is 61.7. The van der Waals surface area contributed by atoms with Crippen LogP contribution in [-0.4, -0.2) is 111 Å². The molecule has 6 heterocycles. The van der Waals surface area contributed by atoms with E-state index in [0.29, 0.717) is 114 Å². The molecule has 8 bridgehead atoms. The lowest BCUT2D eigenvalue weighted by molar-refractivity contribution is 0.0242. The molecule has 8 aromatic carbocycles. The second-order valence-corrected chi connectivity index (χ2v) is 54.3. The lowest BCUT2D eigenvalue weighted by atomic mass is 10.4. The van der Waals surface area contributed by atoms with Gasteiger partial charge in [0.2, 0.25) is 0 Å². The normalized spacial score (nSPS) is 30.5. The first-order chi connectivity index (χ1) is 43.0. The first-order valence-electron chi connectivity index (χ1n) is 29.7. The highest BCUT2D eigenvalue weighted by atomic mass is 32.1. The van der Waals surface area contributed by atoms with E-state index >= 15 is 0 Å². The van der Waals surface area contributed by atoms with Crippen LogP contribution in [0.3, 0.4) is 0 Å². The second kappa shape index (κ2) is 26.6. The number of rotatable bonds is 20. The van der Waals surface area contributed by atoms with Crippen molar-refractivity contribution in [2.75, 3.05) is 23.0 Å². The van der Waals surface area contributed by atoms with Crippen molar-refractivity contribution < 1.29 is 57.6 Å². The molecule has 0 radical (unpaired) electrons. The van der Waals surface area contributed by atoms with Crippen LogP contribution in [0.5, 0.6) is 0 Å².